The Morgan fingerprint density at radius 1 is 0.957 bits per heavy atom. The Labute approximate surface area is 138 Å². The molecule has 124 valence electrons. The van der Waals surface area contributed by atoms with Crippen molar-refractivity contribution in [2.75, 3.05) is 33.4 Å². The summed E-state index contributed by atoms with van der Waals surface area (Å²) in [5, 5.41) is 15.6. The zero-order valence-electron chi connectivity index (χ0n) is 13.7. The van der Waals surface area contributed by atoms with Gasteiger partial charge in [0.2, 0.25) is 0 Å². The summed E-state index contributed by atoms with van der Waals surface area (Å²) in [4.78, 5) is 0. The van der Waals surface area contributed by atoms with Crippen molar-refractivity contribution in [3.05, 3.63) is 65.7 Å². The molecule has 1 unspecified atom stereocenters. The molecule has 2 aromatic carbocycles. The molecule has 4 nitrogen and oxygen atoms in total. The monoisotopic (exact) mass is 314 g/mol. The smallest absolute Gasteiger partial charge is 0.118 e. The van der Waals surface area contributed by atoms with E-state index in [1.54, 1.807) is 7.11 Å². The Hall–Kier alpha value is -1.88. The number of rotatable bonds is 10. The molecule has 0 aliphatic heterocycles. The summed E-state index contributed by atoms with van der Waals surface area (Å²) in [6, 6.07) is 19.0. The van der Waals surface area contributed by atoms with Crippen LogP contribution >= 0.6 is 0 Å². The van der Waals surface area contributed by atoms with E-state index in [9.17, 15) is 0 Å². The van der Waals surface area contributed by atoms with Crippen molar-refractivity contribution in [3.8, 4) is 5.75 Å². The lowest BCUT2D eigenvalue weighted by Gasteiger charge is -2.20. The lowest BCUT2D eigenvalue weighted by molar-refractivity contribution is 0.292. The van der Waals surface area contributed by atoms with E-state index in [0.717, 1.165) is 25.3 Å². The van der Waals surface area contributed by atoms with E-state index < -0.39 is 0 Å². The van der Waals surface area contributed by atoms with Gasteiger partial charge in [-0.3, -0.25) is 0 Å². The Bertz CT molecular complexity index is 543. The molecule has 0 amide bonds. The van der Waals surface area contributed by atoms with Crippen LogP contribution in [0.3, 0.4) is 0 Å². The minimum atomic E-state index is 0.173. The summed E-state index contributed by atoms with van der Waals surface area (Å²) < 4.78 is 5.24. The standard InChI is InChI=1S/C19H26N2O2/c1-23-18-9-7-17(8-10-18)19(21-12-11-20-13-14-22)15-16-5-3-2-4-6-16/h2-10,19-22H,11-15H2,1H3. The van der Waals surface area contributed by atoms with Crippen molar-refractivity contribution in [2.45, 2.75) is 12.5 Å². The van der Waals surface area contributed by atoms with Crippen molar-refractivity contribution >= 4 is 0 Å². The van der Waals surface area contributed by atoms with Crippen LogP contribution in [-0.4, -0.2) is 38.5 Å². The van der Waals surface area contributed by atoms with E-state index in [1.807, 2.05) is 18.2 Å². The fraction of sp³-hybridized carbons (Fsp3) is 0.368. The zero-order chi connectivity index (χ0) is 16.3. The highest BCUT2D eigenvalue weighted by molar-refractivity contribution is 5.30. The highest BCUT2D eigenvalue weighted by Gasteiger charge is 2.11. The molecule has 0 radical (unpaired) electrons. The zero-order valence-corrected chi connectivity index (χ0v) is 13.7. The molecule has 0 bridgehead atoms. The Morgan fingerprint density at radius 2 is 1.70 bits per heavy atom. The first-order valence-electron chi connectivity index (χ1n) is 8.06. The quantitative estimate of drug-likeness (QED) is 0.588. The Kier molecular flexibility index (Phi) is 7.60. The van der Waals surface area contributed by atoms with Crippen LogP contribution < -0.4 is 15.4 Å². The molecule has 0 saturated carbocycles. The van der Waals surface area contributed by atoms with Crippen LogP contribution in [-0.2, 0) is 6.42 Å². The van der Waals surface area contributed by atoms with Gasteiger partial charge in [0.25, 0.3) is 0 Å². The van der Waals surface area contributed by atoms with Crippen molar-refractivity contribution in [2.24, 2.45) is 0 Å². The van der Waals surface area contributed by atoms with Gasteiger partial charge in [-0.15, -0.1) is 0 Å². The number of ether oxygens (including phenoxy) is 1. The number of hydrogen-bond acceptors (Lipinski definition) is 4. The van der Waals surface area contributed by atoms with Crippen molar-refractivity contribution in [3.63, 3.8) is 0 Å². The number of benzene rings is 2. The first-order valence-corrected chi connectivity index (χ1v) is 8.06. The number of nitrogens with one attached hydrogen (secondary N) is 2. The topological polar surface area (TPSA) is 53.5 Å². The van der Waals surface area contributed by atoms with Gasteiger partial charge < -0.3 is 20.5 Å². The van der Waals surface area contributed by atoms with Gasteiger partial charge in [-0.25, -0.2) is 0 Å². The SMILES string of the molecule is COc1ccc(C(Cc2ccccc2)NCCNCCO)cc1. The average molecular weight is 314 g/mol. The summed E-state index contributed by atoms with van der Waals surface area (Å²) in [6.45, 7) is 2.49. The van der Waals surface area contributed by atoms with Gasteiger partial charge in [-0.1, -0.05) is 42.5 Å². The molecule has 0 aliphatic carbocycles. The summed E-state index contributed by atoms with van der Waals surface area (Å²) in [7, 11) is 1.68. The second kappa shape index (κ2) is 10.0. The predicted molar refractivity (Wildman–Crippen MR) is 93.8 cm³/mol. The number of aliphatic hydroxyl groups is 1. The predicted octanol–water partition coefficient (Wildman–Crippen LogP) is 2.15. The van der Waals surface area contributed by atoms with Crippen LogP contribution in [0.5, 0.6) is 5.75 Å². The second-order valence-corrected chi connectivity index (χ2v) is 5.44. The lowest BCUT2D eigenvalue weighted by atomic mass is 9.98. The van der Waals surface area contributed by atoms with E-state index in [1.165, 1.54) is 11.1 Å². The third kappa shape index (κ3) is 6.02. The van der Waals surface area contributed by atoms with Gasteiger partial charge in [-0.2, -0.15) is 0 Å². The summed E-state index contributed by atoms with van der Waals surface area (Å²) in [5.41, 5.74) is 2.56. The Balaban J connectivity index is 2.00. The summed E-state index contributed by atoms with van der Waals surface area (Å²) in [6.07, 6.45) is 0.938. The Morgan fingerprint density at radius 3 is 2.35 bits per heavy atom. The van der Waals surface area contributed by atoms with E-state index in [-0.39, 0.29) is 12.6 Å². The van der Waals surface area contributed by atoms with Crippen LogP contribution in [0.25, 0.3) is 0 Å². The summed E-state index contributed by atoms with van der Waals surface area (Å²) in [5.74, 6) is 0.872. The maximum atomic E-state index is 8.80. The van der Waals surface area contributed by atoms with Gasteiger partial charge >= 0.3 is 0 Å². The van der Waals surface area contributed by atoms with Crippen LogP contribution in [0, 0.1) is 0 Å². The molecule has 2 aromatic rings. The van der Waals surface area contributed by atoms with Crippen LogP contribution in [0.4, 0.5) is 0 Å². The number of hydrogen-bond donors (Lipinski definition) is 3. The van der Waals surface area contributed by atoms with Gasteiger partial charge in [0, 0.05) is 25.7 Å². The van der Waals surface area contributed by atoms with Gasteiger partial charge in [-0.05, 0) is 29.7 Å². The molecule has 0 saturated heterocycles. The molecule has 0 heterocycles. The molecular formula is C19H26N2O2. The molecule has 4 heteroatoms. The second-order valence-electron chi connectivity index (χ2n) is 5.44. The minimum Gasteiger partial charge on any atom is -0.497 e. The molecule has 1 atom stereocenters. The first-order chi connectivity index (χ1) is 11.3. The highest BCUT2D eigenvalue weighted by Crippen LogP contribution is 2.21. The molecular weight excluding hydrogens is 288 g/mol. The normalized spacial score (nSPS) is 12.1. The molecule has 0 aliphatic rings. The first kappa shape index (κ1) is 17.5. The van der Waals surface area contributed by atoms with E-state index >= 15 is 0 Å². The fourth-order valence-electron chi connectivity index (χ4n) is 2.53. The largest absolute Gasteiger partial charge is 0.497 e. The van der Waals surface area contributed by atoms with Crippen LogP contribution in [0.1, 0.15) is 17.2 Å². The van der Waals surface area contributed by atoms with Crippen LogP contribution in [0.15, 0.2) is 54.6 Å². The maximum Gasteiger partial charge on any atom is 0.118 e. The third-order valence-electron chi connectivity index (χ3n) is 3.78. The summed E-state index contributed by atoms with van der Waals surface area (Å²) >= 11 is 0. The molecule has 2 rings (SSSR count). The van der Waals surface area contributed by atoms with E-state index in [4.69, 9.17) is 9.84 Å². The highest BCUT2D eigenvalue weighted by atomic mass is 16.5. The van der Waals surface area contributed by atoms with Gasteiger partial charge in [0.15, 0.2) is 0 Å². The number of aliphatic hydroxyl groups excluding tert-OH is 1. The lowest BCUT2D eigenvalue weighted by Crippen LogP contribution is -2.32. The fourth-order valence-corrected chi connectivity index (χ4v) is 2.53. The van der Waals surface area contributed by atoms with Gasteiger partial charge in [0.1, 0.15) is 5.75 Å². The van der Waals surface area contributed by atoms with Crippen LogP contribution in [0.2, 0.25) is 0 Å². The van der Waals surface area contributed by atoms with E-state index in [0.29, 0.717) is 6.54 Å². The molecule has 0 fully saturated rings. The number of methoxy groups -OCH3 is 1. The van der Waals surface area contributed by atoms with E-state index in [2.05, 4.69) is 47.0 Å². The van der Waals surface area contributed by atoms with Crippen molar-refractivity contribution in [1.82, 2.24) is 10.6 Å². The molecule has 23 heavy (non-hydrogen) atoms. The minimum absolute atomic E-state index is 0.173. The molecule has 0 aromatic heterocycles. The van der Waals surface area contributed by atoms with Gasteiger partial charge in [0.05, 0.1) is 13.7 Å². The van der Waals surface area contributed by atoms with Crippen molar-refractivity contribution < 1.29 is 9.84 Å². The molecule has 0 spiro atoms. The van der Waals surface area contributed by atoms with Crippen molar-refractivity contribution in [1.29, 1.82) is 0 Å². The average Bonchev–Trinajstić information content (AvgIpc) is 2.61. The third-order valence-corrected chi connectivity index (χ3v) is 3.78. The maximum absolute atomic E-state index is 8.80. The molecule has 3 N–H and O–H groups in total.